The normalized spacial score (nSPS) is 12.9. The molecule has 1 amide bonds. The molecule has 0 radical (unpaired) electrons. The van der Waals surface area contributed by atoms with Crippen LogP contribution in [-0.4, -0.2) is 17.0 Å². The monoisotopic (exact) mass is 563 g/mol. The van der Waals surface area contributed by atoms with Gasteiger partial charge in [-0.25, -0.2) is 0 Å². The first-order chi connectivity index (χ1) is 19.4. The van der Waals surface area contributed by atoms with Gasteiger partial charge in [0.1, 0.15) is 0 Å². The van der Waals surface area contributed by atoms with E-state index in [1.54, 1.807) is 30.3 Å². The fourth-order valence-corrected chi connectivity index (χ4v) is 11.8. The predicted octanol–water partition coefficient (Wildman–Crippen LogP) is 6.55. The van der Waals surface area contributed by atoms with Crippen LogP contribution in [0.4, 0.5) is 0 Å². The summed E-state index contributed by atoms with van der Waals surface area (Å²) in [5.41, 5.74) is 0.657. The van der Waals surface area contributed by atoms with E-state index in [9.17, 15) is 14.7 Å². The molecule has 40 heavy (non-hydrogen) atoms. The Kier molecular flexibility index (Phi) is 7.66. The Bertz CT molecular complexity index is 1560. The van der Waals surface area contributed by atoms with Crippen molar-refractivity contribution in [3.8, 4) is 0 Å². The zero-order valence-electron chi connectivity index (χ0n) is 21.5. The molecule has 0 fully saturated rings. The zero-order valence-corrected chi connectivity index (χ0v) is 23.2. The van der Waals surface area contributed by atoms with Crippen molar-refractivity contribution in [2.24, 2.45) is 0 Å². The first-order valence-corrected chi connectivity index (χ1v) is 15.9. The van der Waals surface area contributed by atoms with Gasteiger partial charge < -0.3 is 0 Å². The Morgan fingerprint density at radius 2 is 0.850 bits per heavy atom. The van der Waals surface area contributed by atoms with Gasteiger partial charge in [0.15, 0.2) is 0 Å². The Morgan fingerprint density at radius 3 is 1.20 bits per heavy atom. The van der Waals surface area contributed by atoms with Crippen LogP contribution in [0.3, 0.4) is 0 Å². The first kappa shape index (κ1) is 27.1. The molecule has 4 nitrogen and oxygen atoms in total. The molecule has 0 aliphatic heterocycles. The van der Waals surface area contributed by atoms with Crippen LogP contribution >= 0.6 is 17.2 Å². The molecule has 0 spiro atoms. The molecule has 6 heteroatoms. The van der Waals surface area contributed by atoms with Crippen molar-refractivity contribution in [3.05, 3.63) is 168 Å². The zero-order chi connectivity index (χ0) is 28.0. The van der Waals surface area contributed by atoms with Crippen molar-refractivity contribution in [2.45, 2.75) is 0 Å². The number of rotatable bonds is 8. The van der Waals surface area contributed by atoms with E-state index in [2.05, 4.69) is 5.32 Å². The second-order valence-corrected chi connectivity index (χ2v) is 15.3. The number of nitrogens with one attached hydrogen (secondary N) is 1. The van der Waals surface area contributed by atoms with Crippen LogP contribution in [0.5, 0.6) is 0 Å². The molecule has 0 saturated carbocycles. The number of hydrogen-bond donors (Lipinski definition) is 2. The summed E-state index contributed by atoms with van der Waals surface area (Å²) in [7, 11) is 0. The fourth-order valence-electron chi connectivity index (χ4n) is 5.14. The van der Waals surface area contributed by atoms with E-state index in [1.165, 1.54) is 0 Å². The molecule has 5 rings (SSSR count). The van der Waals surface area contributed by atoms with Gasteiger partial charge in [-0.05, 0) is 0 Å². The van der Waals surface area contributed by atoms with Gasteiger partial charge >= 0.3 is 239 Å². The summed E-state index contributed by atoms with van der Waals surface area (Å²) < 4.78 is 0. The van der Waals surface area contributed by atoms with Crippen molar-refractivity contribution in [2.75, 3.05) is 0 Å². The second kappa shape index (κ2) is 11.3. The van der Waals surface area contributed by atoms with Gasteiger partial charge in [-0.3, -0.25) is 0 Å². The number of halogens is 1. The number of benzene rings is 5. The molecule has 0 unspecified atom stereocenters. The maximum atomic E-state index is 13.5. The predicted molar refractivity (Wildman–Crippen MR) is 166 cm³/mol. The van der Waals surface area contributed by atoms with Crippen molar-refractivity contribution in [1.82, 2.24) is 5.32 Å². The van der Waals surface area contributed by atoms with Crippen LogP contribution in [0.1, 0.15) is 15.9 Å². The molecule has 5 aromatic rings. The van der Waals surface area contributed by atoms with Crippen LogP contribution in [0.2, 0.25) is 0 Å². The molecular formula is C34H27ClNO3P. The van der Waals surface area contributed by atoms with Gasteiger partial charge in [-0.1, -0.05) is 0 Å². The summed E-state index contributed by atoms with van der Waals surface area (Å²) >= 11 is 8.40. The SMILES string of the molecule is O=C(O)/C(NC(=O)c1ccccc1)=C(/c1ccccc1)P(Cl)(c1ccccc1)(c1ccccc1)c1ccccc1. The molecule has 0 atom stereocenters. The molecular weight excluding hydrogens is 537 g/mol. The van der Waals surface area contributed by atoms with Crippen LogP contribution in [0, 0.1) is 0 Å². The molecule has 0 aromatic heterocycles. The Morgan fingerprint density at radius 1 is 0.525 bits per heavy atom. The van der Waals surface area contributed by atoms with Gasteiger partial charge in [0, 0.05) is 0 Å². The molecule has 5 aromatic carbocycles. The number of carbonyl (C=O) groups excluding carboxylic acids is 1. The van der Waals surface area contributed by atoms with E-state index in [0.717, 1.165) is 15.9 Å². The Hall–Kier alpha value is -4.50. The van der Waals surface area contributed by atoms with Gasteiger partial charge in [0.2, 0.25) is 0 Å². The van der Waals surface area contributed by atoms with Gasteiger partial charge in [-0.15, -0.1) is 0 Å². The number of amides is 1. The molecule has 198 valence electrons. The van der Waals surface area contributed by atoms with Gasteiger partial charge in [0.25, 0.3) is 0 Å². The standard InChI is InChI=1S/C34H27ClNO3P/c35-40(28-20-10-3-11-21-28,29-22-12-4-13-23-29,30-24-14-5-15-25-30)32(26-16-6-1-7-17-26)31(34(38)39)36-33(37)27-18-8-2-9-19-27/h1-25H,(H,36,37)(H,38,39)/b32-31+. The van der Waals surface area contributed by atoms with Crippen LogP contribution in [0.25, 0.3) is 5.31 Å². The van der Waals surface area contributed by atoms with Crippen LogP contribution in [0.15, 0.2) is 157 Å². The van der Waals surface area contributed by atoms with E-state index >= 15 is 0 Å². The van der Waals surface area contributed by atoms with Crippen LogP contribution < -0.4 is 21.2 Å². The Balaban J connectivity index is 2.00. The summed E-state index contributed by atoms with van der Waals surface area (Å²) in [5.74, 6) is -6.20. The number of aliphatic carboxylic acids is 1. The third-order valence-electron chi connectivity index (χ3n) is 6.92. The minimum atomic E-state index is -4.37. The van der Waals surface area contributed by atoms with Crippen LogP contribution in [-0.2, 0) is 4.79 Å². The Labute approximate surface area is 238 Å². The summed E-state index contributed by atoms with van der Waals surface area (Å²) in [5, 5.41) is 16.2. The first-order valence-electron chi connectivity index (χ1n) is 12.7. The average Bonchev–Trinajstić information content (AvgIpc) is 3.02. The third kappa shape index (κ3) is 4.62. The average molecular weight is 564 g/mol. The van der Waals surface area contributed by atoms with Crippen molar-refractivity contribution >= 4 is 50.3 Å². The fraction of sp³-hybridized carbons (Fsp3) is 0. The van der Waals surface area contributed by atoms with Gasteiger partial charge in [0.05, 0.1) is 0 Å². The summed E-state index contributed by atoms with van der Waals surface area (Å²) in [4.78, 5) is 26.8. The summed E-state index contributed by atoms with van der Waals surface area (Å²) in [6, 6.07) is 46.5. The van der Waals surface area contributed by atoms with Crippen molar-refractivity contribution in [1.29, 1.82) is 0 Å². The molecule has 0 bridgehead atoms. The number of carboxylic acids is 1. The third-order valence-corrected chi connectivity index (χ3v) is 14.3. The summed E-state index contributed by atoms with van der Waals surface area (Å²) in [6.45, 7) is 0. The number of carbonyl (C=O) groups is 2. The van der Waals surface area contributed by atoms with Crippen molar-refractivity contribution < 1.29 is 14.7 Å². The number of hydrogen-bond acceptors (Lipinski definition) is 2. The van der Waals surface area contributed by atoms with E-state index in [1.807, 2.05) is 121 Å². The summed E-state index contributed by atoms with van der Waals surface area (Å²) in [6.07, 6.45) is 0. The quantitative estimate of drug-likeness (QED) is 0.166. The number of carboxylic acid groups (broad SMARTS) is 1. The minimum absolute atomic E-state index is 0.274. The molecule has 0 aliphatic carbocycles. The topological polar surface area (TPSA) is 66.4 Å². The maximum absolute atomic E-state index is 13.5. The van der Waals surface area contributed by atoms with E-state index in [0.29, 0.717) is 16.4 Å². The molecule has 0 aliphatic rings. The van der Waals surface area contributed by atoms with E-state index < -0.39 is 17.8 Å². The van der Waals surface area contributed by atoms with E-state index in [-0.39, 0.29) is 5.70 Å². The van der Waals surface area contributed by atoms with Crippen molar-refractivity contribution in [3.63, 3.8) is 0 Å². The van der Waals surface area contributed by atoms with E-state index in [4.69, 9.17) is 11.2 Å². The second-order valence-electron chi connectivity index (χ2n) is 9.23. The molecule has 0 heterocycles. The van der Waals surface area contributed by atoms with Gasteiger partial charge in [-0.2, -0.15) is 0 Å². The molecule has 0 saturated heterocycles. The molecule has 2 N–H and O–H groups in total.